The fourth-order valence-electron chi connectivity index (χ4n) is 2.63. The first kappa shape index (κ1) is 15.1. The summed E-state index contributed by atoms with van der Waals surface area (Å²) < 4.78 is 27.0. The Hall–Kier alpha value is -1.86. The predicted octanol–water partition coefficient (Wildman–Crippen LogP) is 2.90. The van der Waals surface area contributed by atoms with Crippen molar-refractivity contribution in [2.24, 2.45) is 0 Å². The average Bonchev–Trinajstić information content (AvgIpc) is 2.97. The number of hydrogen-bond acceptors (Lipinski definition) is 4. The lowest BCUT2D eigenvalue weighted by Crippen LogP contribution is -2.35. The summed E-state index contributed by atoms with van der Waals surface area (Å²) in [6.45, 7) is 2.39. The van der Waals surface area contributed by atoms with E-state index in [0.717, 1.165) is 35.3 Å². The Morgan fingerprint density at radius 2 is 2.09 bits per heavy atom. The Morgan fingerprint density at radius 1 is 1.32 bits per heavy atom. The Kier molecular flexibility index (Phi) is 3.70. The summed E-state index contributed by atoms with van der Waals surface area (Å²) >= 11 is 0.927. The van der Waals surface area contributed by atoms with E-state index < -0.39 is 16.0 Å². The maximum Gasteiger partial charge on any atom is 0.345 e. The topological polar surface area (TPSA) is 74.7 Å². The quantitative estimate of drug-likeness (QED) is 0.934. The van der Waals surface area contributed by atoms with Gasteiger partial charge in [0.1, 0.15) is 4.88 Å². The molecule has 1 aliphatic rings. The lowest BCUT2D eigenvalue weighted by Gasteiger charge is -2.30. The van der Waals surface area contributed by atoms with Gasteiger partial charge in [-0.3, -0.25) is 4.31 Å². The van der Waals surface area contributed by atoms with Crippen molar-refractivity contribution in [3.63, 3.8) is 0 Å². The van der Waals surface area contributed by atoms with Gasteiger partial charge in [0, 0.05) is 11.9 Å². The first-order chi connectivity index (χ1) is 10.4. The Morgan fingerprint density at radius 3 is 2.77 bits per heavy atom. The molecule has 1 aliphatic heterocycles. The van der Waals surface area contributed by atoms with Crippen LogP contribution in [0.3, 0.4) is 0 Å². The van der Waals surface area contributed by atoms with Gasteiger partial charge in [0.2, 0.25) is 0 Å². The third-order valence-corrected chi connectivity index (χ3v) is 6.54. The summed E-state index contributed by atoms with van der Waals surface area (Å²) in [6.07, 6.45) is 1.61. The number of carboxylic acids is 1. The molecule has 2 aromatic rings. The second kappa shape index (κ2) is 5.40. The van der Waals surface area contributed by atoms with E-state index in [1.165, 1.54) is 15.8 Å². The van der Waals surface area contributed by atoms with Crippen LogP contribution in [0.2, 0.25) is 0 Å². The van der Waals surface area contributed by atoms with Crippen LogP contribution in [0.15, 0.2) is 34.5 Å². The molecule has 5 nitrogen and oxygen atoms in total. The molecule has 0 spiro atoms. The molecule has 0 radical (unpaired) electrons. The van der Waals surface area contributed by atoms with Crippen LogP contribution in [-0.4, -0.2) is 26.0 Å². The van der Waals surface area contributed by atoms with Gasteiger partial charge < -0.3 is 5.11 Å². The van der Waals surface area contributed by atoms with E-state index in [4.69, 9.17) is 5.11 Å². The summed E-state index contributed by atoms with van der Waals surface area (Å²) in [5.74, 6) is -1.11. The van der Waals surface area contributed by atoms with Crippen molar-refractivity contribution in [2.45, 2.75) is 24.7 Å². The molecule has 0 fully saturated rings. The van der Waals surface area contributed by atoms with Gasteiger partial charge in [-0.2, -0.15) is 0 Å². The molecule has 22 heavy (non-hydrogen) atoms. The molecule has 7 heteroatoms. The van der Waals surface area contributed by atoms with Crippen molar-refractivity contribution >= 4 is 33.0 Å². The molecule has 0 saturated heterocycles. The molecule has 1 aromatic heterocycles. The summed E-state index contributed by atoms with van der Waals surface area (Å²) in [5.41, 5.74) is 2.81. The minimum absolute atomic E-state index is 0.0275. The summed E-state index contributed by atoms with van der Waals surface area (Å²) in [4.78, 5) is 11.0. The first-order valence-corrected chi connectivity index (χ1v) is 9.15. The Bertz CT molecular complexity index is 839. The Balaban J connectivity index is 2.05. The average molecular weight is 337 g/mol. The molecule has 0 saturated carbocycles. The monoisotopic (exact) mass is 337 g/mol. The molecule has 0 amide bonds. The third kappa shape index (κ3) is 2.50. The second-order valence-corrected chi connectivity index (χ2v) is 8.04. The van der Waals surface area contributed by atoms with Crippen LogP contribution in [0.25, 0.3) is 0 Å². The normalized spacial score (nSPS) is 14.7. The van der Waals surface area contributed by atoms with Gasteiger partial charge >= 0.3 is 5.97 Å². The van der Waals surface area contributed by atoms with Gasteiger partial charge in [-0.25, -0.2) is 13.2 Å². The first-order valence-electron chi connectivity index (χ1n) is 6.84. The Labute approximate surface area is 132 Å². The van der Waals surface area contributed by atoms with Gasteiger partial charge in [0.15, 0.2) is 0 Å². The predicted molar refractivity (Wildman–Crippen MR) is 85.3 cm³/mol. The largest absolute Gasteiger partial charge is 0.477 e. The molecular formula is C15H15NO4S2. The highest BCUT2D eigenvalue weighted by Gasteiger charge is 2.30. The third-order valence-electron chi connectivity index (χ3n) is 3.69. The van der Waals surface area contributed by atoms with Gasteiger partial charge in [-0.05, 0) is 37.5 Å². The highest BCUT2D eigenvalue weighted by atomic mass is 32.2. The number of hydrogen-bond donors (Lipinski definition) is 1. The van der Waals surface area contributed by atoms with Crippen molar-refractivity contribution < 1.29 is 18.3 Å². The highest BCUT2D eigenvalue weighted by Crippen LogP contribution is 2.33. The second-order valence-electron chi connectivity index (χ2n) is 5.26. The molecule has 0 aliphatic carbocycles. The minimum atomic E-state index is -3.72. The SMILES string of the molecule is Cc1ccc2c(c1)CCCN2S(=O)(=O)c1csc(C(=O)O)c1. The van der Waals surface area contributed by atoms with E-state index in [2.05, 4.69) is 0 Å². The van der Waals surface area contributed by atoms with Crippen LogP contribution in [-0.2, 0) is 16.4 Å². The van der Waals surface area contributed by atoms with Gasteiger partial charge in [0.05, 0.1) is 10.6 Å². The molecule has 3 rings (SSSR count). The molecule has 0 unspecified atom stereocenters. The standard InChI is InChI=1S/C15H15NO4S2/c1-10-4-5-13-11(7-10)3-2-6-16(13)22(19,20)12-8-14(15(17)18)21-9-12/h4-5,7-9H,2-3,6H2,1H3,(H,17,18). The number of sulfonamides is 1. The highest BCUT2D eigenvalue weighted by molar-refractivity contribution is 7.93. The number of carbonyl (C=O) groups is 1. The van der Waals surface area contributed by atoms with Crippen LogP contribution in [0, 0.1) is 6.92 Å². The number of aromatic carboxylic acids is 1. The van der Waals surface area contributed by atoms with Gasteiger partial charge in [0.25, 0.3) is 10.0 Å². The van der Waals surface area contributed by atoms with Crippen LogP contribution >= 0.6 is 11.3 Å². The van der Waals surface area contributed by atoms with Crippen molar-refractivity contribution in [1.82, 2.24) is 0 Å². The molecule has 2 heterocycles. The number of carboxylic acid groups (broad SMARTS) is 1. The number of anilines is 1. The number of thiophene rings is 1. The zero-order valence-corrected chi connectivity index (χ0v) is 13.6. The van der Waals surface area contributed by atoms with Crippen LogP contribution in [0.4, 0.5) is 5.69 Å². The van der Waals surface area contributed by atoms with E-state index in [9.17, 15) is 13.2 Å². The number of benzene rings is 1. The molecule has 116 valence electrons. The summed E-state index contributed by atoms with van der Waals surface area (Å²) in [7, 11) is -3.72. The molecule has 0 bridgehead atoms. The summed E-state index contributed by atoms with van der Waals surface area (Å²) in [5, 5.41) is 10.4. The smallest absolute Gasteiger partial charge is 0.345 e. The molecule has 1 N–H and O–H groups in total. The number of rotatable bonds is 3. The van der Waals surface area contributed by atoms with Crippen LogP contribution in [0.1, 0.15) is 27.2 Å². The molecule has 1 aromatic carbocycles. The summed E-state index contributed by atoms with van der Waals surface area (Å²) in [6, 6.07) is 6.95. The molecule has 0 atom stereocenters. The zero-order valence-electron chi connectivity index (χ0n) is 11.9. The van der Waals surface area contributed by atoms with Crippen LogP contribution in [0.5, 0.6) is 0 Å². The maximum absolute atomic E-state index is 12.8. The van der Waals surface area contributed by atoms with Crippen molar-refractivity contribution in [1.29, 1.82) is 0 Å². The fourth-order valence-corrected chi connectivity index (χ4v) is 5.27. The fraction of sp³-hybridized carbons (Fsp3) is 0.267. The van der Waals surface area contributed by atoms with Crippen molar-refractivity contribution in [2.75, 3.05) is 10.8 Å². The lowest BCUT2D eigenvalue weighted by molar-refractivity contribution is 0.0702. The van der Waals surface area contributed by atoms with Gasteiger partial charge in [-0.1, -0.05) is 17.7 Å². The minimum Gasteiger partial charge on any atom is -0.477 e. The van der Waals surface area contributed by atoms with E-state index in [1.807, 2.05) is 25.1 Å². The maximum atomic E-state index is 12.8. The van der Waals surface area contributed by atoms with Crippen LogP contribution < -0.4 is 4.31 Å². The van der Waals surface area contributed by atoms with Crippen molar-refractivity contribution in [3.8, 4) is 0 Å². The molecular weight excluding hydrogens is 322 g/mol. The van der Waals surface area contributed by atoms with E-state index in [0.29, 0.717) is 12.2 Å². The lowest BCUT2D eigenvalue weighted by atomic mass is 10.0. The van der Waals surface area contributed by atoms with Crippen molar-refractivity contribution in [3.05, 3.63) is 45.6 Å². The number of nitrogens with zero attached hydrogens (tertiary/aromatic N) is 1. The van der Waals surface area contributed by atoms with E-state index in [-0.39, 0.29) is 9.77 Å². The zero-order chi connectivity index (χ0) is 15.9. The number of fused-ring (bicyclic) bond motifs is 1. The van der Waals surface area contributed by atoms with E-state index in [1.54, 1.807) is 0 Å². The van der Waals surface area contributed by atoms with E-state index >= 15 is 0 Å². The number of aryl methyl sites for hydroxylation is 2. The van der Waals surface area contributed by atoms with Gasteiger partial charge in [-0.15, -0.1) is 11.3 Å².